The van der Waals surface area contributed by atoms with Gasteiger partial charge in [-0.25, -0.2) is 4.98 Å². The molecule has 0 saturated heterocycles. The highest BCUT2D eigenvalue weighted by molar-refractivity contribution is 7.14. The summed E-state index contributed by atoms with van der Waals surface area (Å²) in [7, 11) is 0. The van der Waals surface area contributed by atoms with Crippen molar-refractivity contribution in [3.63, 3.8) is 0 Å². The number of nitrogens with zero attached hydrogens (tertiary/aromatic N) is 1. The van der Waals surface area contributed by atoms with Crippen molar-refractivity contribution in [1.29, 1.82) is 0 Å². The standard InChI is InChI=1S/C20H21N3O2S2/c1-12(2)17(22-18(24)16-9-6-10-26-16)19(25)23-20-21-15(11-27-20)14-8-5-4-7-13(14)3/h4-12,17H,1-3H3,(H,22,24)(H,21,23,25). The van der Waals surface area contributed by atoms with Crippen LogP contribution in [0.25, 0.3) is 11.3 Å². The van der Waals surface area contributed by atoms with Crippen LogP contribution in [0.3, 0.4) is 0 Å². The number of anilines is 1. The van der Waals surface area contributed by atoms with Crippen LogP contribution in [0, 0.1) is 12.8 Å². The van der Waals surface area contributed by atoms with Crippen LogP contribution in [0.1, 0.15) is 29.1 Å². The Labute approximate surface area is 166 Å². The topological polar surface area (TPSA) is 71.1 Å². The van der Waals surface area contributed by atoms with E-state index in [0.29, 0.717) is 10.0 Å². The number of rotatable bonds is 6. The molecule has 0 bridgehead atoms. The summed E-state index contributed by atoms with van der Waals surface area (Å²) in [6, 6.07) is 10.9. The number of amides is 2. The van der Waals surface area contributed by atoms with Gasteiger partial charge >= 0.3 is 0 Å². The van der Waals surface area contributed by atoms with Gasteiger partial charge in [0.05, 0.1) is 10.6 Å². The Balaban J connectivity index is 1.71. The molecular formula is C20H21N3O2S2. The van der Waals surface area contributed by atoms with Gasteiger partial charge in [-0.05, 0) is 29.9 Å². The molecule has 0 aliphatic rings. The zero-order valence-electron chi connectivity index (χ0n) is 15.4. The first kappa shape index (κ1) is 19.3. The van der Waals surface area contributed by atoms with Gasteiger partial charge in [0.25, 0.3) is 5.91 Å². The summed E-state index contributed by atoms with van der Waals surface area (Å²) in [4.78, 5) is 30.1. The maximum Gasteiger partial charge on any atom is 0.262 e. The number of benzene rings is 1. The average molecular weight is 400 g/mol. The molecular weight excluding hydrogens is 378 g/mol. The Hall–Kier alpha value is -2.51. The molecule has 0 fully saturated rings. The van der Waals surface area contributed by atoms with Gasteiger partial charge in [-0.3, -0.25) is 9.59 Å². The van der Waals surface area contributed by atoms with E-state index < -0.39 is 6.04 Å². The Kier molecular flexibility index (Phi) is 6.03. The number of aromatic nitrogens is 1. The Morgan fingerprint density at radius 1 is 1.07 bits per heavy atom. The minimum atomic E-state index is -0.634. The molecule has 5 nitrogen and oxygen atoms in total. The fourth-order valence-electron chi connectivity index (χ4n) is 2.65. The number of aryl methyl sites for hydroxylation is 1. The molecule has 1 atom stereocenters. The van der Waals surface area contributed by atoms with E-state index in [1.807, 2.05) is 61.9 Å². The van der Waals surface area contributed by atoms with Crippen molar-refractivity contribution in [2.24, 2.45) is 5.92 Å². The molecule has 2 N–H and O–H groups in total. The predicted molar refractivity (Wildman–Crippen MR) is 111 cm³/mol. The third-order valence-electron chi connectivity index (χ3n) is 4.14. The van der Waals surface area contributed by atoms with Crippen LogP contribution < -0.4 is 10.6 Å². The first-order chi connectivity index (χ1) is 13.0. The summed E-state index contributed by atoms with van der Waals surface area (Å²) in [5, 5.41) is 9.94. The third kappa shape index (κ3) is 4.61. The van der Waals surface area contributed by atoms with E-state index in [9.17, 15) is 9.59 Å². The highest BCUT2D eigenvalue weighted by Gasteiger charge is 2.26. The molecule has 140 valence electrons. The lowest BCUT2D eigenvalue weighted by Crippen LogP contribution is -2.46. The monoisotopic (exact) mass is 399 g/mol. The molecule has 0 aliphatic carbocycles. The number of thiazole rings is 1. The van der Waals surface area contributed by atoms with Gasteiger partial charge in [0.1, 0.15) is 6.04 Å². The second kappa shape index (κ2) is 8.45. The van der Waals surface area contributed by atoms with E-state index in [0.717, 1.165) is 16.8 Å². The number of nitrogens with one attached hydrogen (secondary N) is 2. The Morgan fingerprint density at radius 3 is 2.52 bits per heavy atom. The third-order valence-corrected chi connectivity index (χ3v) is 5.76. The highest BCUT2D eigenvalue weighted by atomic mass is 32.1. The van der Waals surface area contributed by atoms with Gasteiger partial charge in [-0.1, -0.05) is 44.2 Å². The maximum atomic E-state index is 12.7. The number of carbonyl (C=O) groups excluding carboxylic acids is 2. The average Bonchev–Trinajstić information content (AvgIpc) is 3.31. The van der Waals surface area contributed by atoms with Crippen molar-refractivity contribution in [2.45, 2.75) is 26.8 Å². The zero-order chi connectivity index (χ0) is 19.4. The van der Waals surface area contributed by atoms with E-state index in [2.05, 4.69) is 15.6 Å². The van der Waals surface area contributed by atoms with Crippen LogP contribution >= 0.6 is 22.7 Å². The molecule has 1 unspecified atom stereocenters. The van der Waals surface area contributed by atoms with Crippen LogP contribution in [0.15, 0.2) is 47.2 Å². The quantitative estimate of drug-likeness (QED) is 0.638. The van der Waals surface area contributed by atoms with Crippen LogP contribution in [0.4, 0.5) is 5.13 Å². The Morgan fingerprint density at radius 2 is 1.85 bits per heavy atom. The first-order valence-electron chi connectivity index (χ1n) is 8.62. The van der Waals surface area contributed by atoms with Gasteiger partial charge < -0.3 is 10.6 Å². The summed E-state index contributed by atoms with van der Waals surface area (Å²) < 4.78 is 0. The van der Waals surface area contributed by atoms with Gasteiger partial charge in [-0.15, -0.1) is 22.7 Å². The van der Waals surface area contributed by atoms with Crippen molar-refractivity contribution in [1.82, 2.24) is 10.3 Å². The van der Waals surface area contributed by atoms with Gasteiger partial charge in [0, 0.05) is 10.9 Å². The molecule has 0 aliphatic heterocycles. The molecule has 1 aromatic carbocycles. The van der Waals surface area contributed by atoms with Crippen LogP contribution in [0.5, 0.6) is 0 Å². The van der Waals surface area contributed by atoms with E-state index in [4.69, 9.17) is 0 Å². The lowest BCUT2D eigenvalue weighted by atomic mass is 10.0. The minimum absolute atomic E-state index is 0.0512. The highest BCUT2D eigenvalue weighted by Crippen LogP contribution is 2.27. The van der Waals surface area contributed by atoms with E-state index in [1.165, 1.54) is 22.7 Å². The molecule has 27 heavy (non-hydrogen) atoms. The minimum Gasteiger partial charge on any atom is -0.339 e. The van der Waals surface area contributed by atoms with Crippen molar-refractivity contribution >= 4 is 39.6 Å². The normalized spacial score (nSPS) is 12.0. The Bertz CT molecular complexity index is 932. The van der Waals surface area contributed by atoms with Crippen LogP contribution in [-0.2, 0) is 4.79 Å². The van der Waals surface area contributed by atoms with Gasteiger partial charge in [0.2, 0.25) is 5.91 Å². The largest absolute Gasteiger partial charge is 0.339 e. The van der Waals surface area contributed by atoms with Gasteiger partial charge in [0.15, 0.2) is 5.13 Å². The van der Waals surface area contributed by atoms with E-state index in [1.54, 1.807) is 6.07 Å². The summed E-state index contributed by atoms with van der Waals surface area (Å²) in [5.74, 6) is -0.552. The molecule has 0 radical (unpaired) electrons. The maximum absolute atomic E-state index is 12.7. The SMILES string of the molecule is Cc1ccccc1-c1csc(NC(=O)C(NC(=O)c2cccs2)C(C)C)n1. The fourth-order valence-corrected chi connectivity index (χ4v) is 3.99. The fraction of sp³-hybridized carbons (Fsp3) is 0.250. The second-order valence-corrected chi connectivity index (χ2v) is 8.32. The lowest BCUT2D eigenvalue weighted by Gasteiger charge is -2.20. The van der Waals surface area contributed by atoms with Crippen molar-refractivity contribution in [3.8, 4) is 11.3 Å². The summed E-state index contributed by atoms with van der Waals surface area (Å²) in [6.45, 7) is 5.83. The zero-order valence-corrected chi connectivity index (χ0v) is 17.0. The molecule has 0 spiro atoms. The van der Waals surface area contributed by atoms with Gasteiger partial charge in [-0.2, -0.15) is 0 Å². The van der Waals surface area contributed by atoms with E-state index >= 15 is 0 Å². The van der Waals surface area contributed by atoms with E-state index in [-0.39, 0.29) is 17.7 Å². The number of carbonyl (C=O) groups is 2. The molecule has 0 saturated carbocycles. The molecule has 3 rings (SSSR count). The van der Waals surface area contributed by atoms with Crippen LogP contribution in [-0.4, -0.2) is 22.8 Å². The first-order valence-corrected chi connectivity index (χ1v) is 10.4. The van der Waals surface area contributed by atoms with Crippen molar-refractivity contribution in [3.05, 3.63) is 57.6 Å². The van der Waals surface area contributed by atoms with Crippen LogP contribution in [0.2, 0.25) is 0 Å². The molecule has 2 aromatic heterocycles. The number of hydrogen-bond acceptors (Lipinski definition) is 5. The smallest absolute Gasteiger partial charge is 0.262 e. The molecule has 2 amide bonds. The summed E-state index contributed by atoms with van der Waals surface area (Å²) in [5.41, 5.74) is 3.00. The molecule has 3 aromatic rings. The summed E-state index contributed by atoms with van der Waals surface area (Å²) in [6.07, 6.45) is 0. The van der Waals surface area contributed by atoms with Crippen molar-refractivity contribution in [2.75, 3.05) is 5.32 Å². The predicted octanol–water partition coefficient (Wildman–Crippen LogP) is 4.57. The molecule has 7 heteroatoms. The second-order valence-electron chi connectivity index (χ2n) is 6.51. The number of thiophene rings is 1. The lowest BCUT2D eigenvalue weighted by molar-refractivity contribution is -0.118. The number of hydrogen-bond donors (Lipinski definition) is 2. The summed E-state index contributed by atoms with van der Waals surface area (Å²) >= 11 is 2.72. The van der Waals surface area contributed by atoms with Crippen molar-refractivity contribution < 1.29 is 9.59 Å². The molecule has 2 heterocycles.